The summed E-state index contributed by atoms with van der Waals surface area (Å²) in [5.41, 5.74) is 3.55. The first-order chi connectivity index (χ1) is 14.2. The van der Waals surface area contributed by atoms with Gasteiger partial charge in [-0.25, -0.2) is 18.1 Å². The highest BCUT2D eigenvalue weighted by molar-refractivity contribution is 7.89. The third-order valence-electron chi connectivity index (χ3n) is 5.28. The molecular weight excluding hydrogens is 420 g/mol. The van der Waals surface area contributed by atoms with E-state index in [9.17, 15) is 13.2 Å². The van der Waals surface area contributed by atoms with Crippen LogP contribution in [0.2, 0.25) is 0 Å². The summed E-state index contributed by atoms with van der Waals surface area (Å²) < 4.78 is 28.0. The smallest absolute Gasteiger partial charge is 0.241 e. The Morgan fingerprint density at radius 1 is 1.10 bits per heavy atom. The third kappa shape index (κ3) is 5.66. The SMILES string of the molecule is Cc1cc(C)c(S(=O)(=O)NCCC(=O)N2CCN(Cc3csc(C)n3)CC2)c(C)c1. The number of thiazole rings is 1. The molecule has 1 aliphatic heterocycles. The molecule has 2 aromatic rings. The number of sulfonamides is 1. The average molecular weight is 451 g/mol. The molecule has 0 aliphatic carbocycles. The number of piperazine rings is 1. The van der Waals surface area contributed by atoms with Crippen molar-refractivity contribution in [3.8, 4) is 0 Å². The first-order valence-electron chi connectivity index (χ1n) is 10.1. The van der Waals surface area contributed by atoms with Crippen LogP contribution in [0.15, 0.2) is 22.4 Å². The summed E-state index contributed by atoms with van der Waals surface area (Å²) in [5, 5.41) is 3.15. The molecule has 0 saturated carbocycles. The summed E-state index contributed by atoms with van der Waals surface area (Å²) in [5.74, 6) is -0.0146. The van der Waals surface area contributed by atoms with Crippen molar-refractivity contribution in [2.45, 2.75) is 45.6 Å². The van der Waals surface area contributed by atoms with Gasteiger partial charge in [0.15, 0.2) is 0 Å². The van der Waals surface area contributed by atoms with Gasteiger partial charge in [-0.1, -0.05) is 17.7 Å². The number of aryl methyl sites for hydroxylation is 4. The van der Waals surface area contributed by atoms with Gasteiger partial charge >= 0.3 is 0 Å². The summed E-state index contributed by atoms with van der Waals surface area (Å²) in [6.45, 7) is 11.4. The molecule has 0 bridgehead atoms. The molecular formula is C21H30N4O3S2. The lowest BCUT2D eigenvalue weighted by atomic mass is 10.1. The predicted octanol–water partition coefficient (Wildman–Crippen LogP) is 2.39. The van der Waals surface area contributed by atoms with Gasteiger partial charge in [0, 0.05) is 51.1 Å². The summed E-state index contributed by atoms with van der Waals surface area (Å²) >= 11 is 1.65. The van der Waals surface area contributed by atoms with E-state index in [-0.39, 0.29) is 18.9 Å². The van der Waals surface area contributed by atoms with Crippen molar-refractivity contribution in [3.05, 3.63) is 44.9 Å². The van der Waals surface area contributed by atoms with Crippen LogP contribution in [0, 0.1) is 27.7 Å². The molecule has 1 amide bonds. The van der Waals surface area contributed by atoms with Crippen molar-refractivity contribution in [2.75, 3.05) is 32.7 Å². The van der Waals surface area contributed by atoms with Crippen molar-refractivity contribution in [3.63, 3.8) is 0 Å². The monoisotopic (exact) mass is 450 g/mol. The number of aromatic nitrogens is 1. The van der Waals surface area contributed by atoms with Crippen molar-refractivity contribution in [2.24, 2.45) is 0 Å². The largest absolute Gasteiger partial charge is 0.340 e. The van der Waals surface area contributed by atoms with E-state index in [1.54, 1.807) is 25.2 Å². The first-order valence-corrected chi connectivity index (χ1v) is 12.5. The first kappa shape index (κ1) is 22.9. The molecule has 164 valence electrons. The molecule has 0 atom stereocenters. The standard InChI is InChI=1S/C21H30N4O3S2/c1-15-11-16(2)21(17(3)12-15)30(27,28)22-6-5-20(26)25-9-7-24(8-10-25)13-19-14-29-18(4)23-19/h11-12,14,22H,5-10,13H2,1-4H3. The van der Waals surface area contributed by atoms with Gasteiger partial charge < -0.3 is 4.90 Å². The molecule has 0 spiro atoms. The van der Waals surface area contributed by atoms with Gasteiger partial charge in [-0.15, -0.1) is 11.3 Å². The molecule has 1 aromatic carbocycles. The van der Waals surface area contributed by atoms with Crippen molar-refractivity contribution in [1.82, 2.24) is 19.5 Å². The second-order valence-corrected chi connectivity index (χ2v) is 10.7. The van der Waals surface area contributed by atoms with E-state index in [2.05, 4.69) is 20.0 Å². The summed E-state index contributed by atoms with van der Waals surface area (Å²) in [6.07, 6.45) is 0.161. The number of amides is 1. The number of nitrogens with one attached hydrogen (secondary N) is 1. The summed E-state index contributed by atoms with van der Waals surface area (Å²) in [7, 11) is -3.64. The van der Waals surface area contributed by atoms with E-state index in [4.69, 9.17) is 0 Å². The lowest BCUT2D eigenvalue weighted by Crippen LogP contribution is -2.48. The number of hydrogen-bond acceptors (Lipinski definition) is 6. The fourth-order valence-electron chi connectivity index (χ4n) is 3.98. The fraction of sp³-hybridized carbons (Fsp3) is 0.524. The van der Waals surface area contributed by atoms with Crippen molar-refractivity contribution < 1.29 is 13.2 Å². The Morgan fingerprint density at radius 2 is 1.73 bits per heavy atom. The van der Waals surface area contributed by atoms with E-state index < -0.39 is 10.0 Å². The highest BCUT2D eigenvalue weighted by Crippen LogP contribution is 2.21. The van der Waals surface area contributed by atoms with Crippen LogP contribution >= 0.6 is 11.3 Å². The molecule has 7 nitrogen and oxygen atoms in total. The quantitative estimate of drug-likeness (QED) is 0.700. The minimum absolute atomic E-state index is 0.0146. The van der Waals surface area contributed by atoms with Crippen LogP contribution in [-0.4, -0.2) is 61.8 Å². The number of rotatable bonds is 7. The fourth-order valence-corrected chi connectivity index (χ4v) is 6.06. The average Bonchev–Trinajstić information content (AvgIpc) is 3.05. The van der Waals surface area contributed by atoms with Gasteiger partial charge in [0.05, 0.1) is 15.6 Å². The maximum absolute atomic E-state index is 12.7. The third-order valence-corrected chi connectivity index (χ3v) is 7.87. The highest BCUT2D eigenvalue weighted by Gasteiger charge is 2.23. The number of nitrogens with zero attached hydrogens (tertiary/aromatic N) is 3. The van der Waals surface area contributed by atoms with E-state index in [0.717, 1.165) is 47.0 Å². The van der Waals surface area contributed by atoms with Crippen LogP contribution < -0.4 is 4.72 Å². The van der Waals surface area contributed by atoms with Gasteiger partial charge in [0.1, 0.15) is 0 Å². The van der Waals surface area contributed by atoms with Crippen LogP contribution in [0.4, 0.5) is 0 Å². The zero-order chi connectivity index (χ0) is 21.9. The molecule has 1 N–H and O–H groups in total. The number of benzene rings is 1. The number of carbonyl (C=O) groups excluding carboxylic acids is 1. The van der Waals surface area contributed by atoms with Crippen LogP contribution in [0.3, 0.4) is 0 Å². The molecule has 1 aromatic heterocycles. The number of hydrogen-bond donors (Lipinski definition) is 1. The van der Waals surface area contributed by atoms with Crippen LogP contribution in [0.1, 0.15) is 33.8 Å². The van der Waals surface area contributed by atoms with Gasteiger partial charge in [0.25, 0.3) is 0 Å². The summed E-state index contributed by atoms with van der Waals surface area (Å²) in [6, 6.07) is 3.72. The highest BCUT2D eigenvalue weighted by atomic mass is 32.2. The molecule has 0 radical (unpaired) electrons. The molecule has 9 heteroatoms. The Labute approximate surface area is 183 Å². The van der Waals surface area contributed by atoms with Crippen LogP contribution in [0.5, 0.6) is 0 Å². The van der Waals surface area contributed by atoms with E-state index >= 15 is 0 Å². The predicted molar refractivity (Wildman–Crippen MR) is 119 cm³/mol. The Morgan fingerprint density at radius 3 is 2.30 bits per heavy atom. The van der Waals surface area contributed by atoms with E-state index in [1.165, 1.54) is 0 Å². The lowest BCUT2D eigenvalue weighted by Gasteiger charge is -2.34. The molecule has 30 heavy (non-hydrogen) atoms. The van der Waals surface area contributed by atoms with Gasteiger partial charge in [-0.2, -0.15) is 0 Å². The number of carbonyl (C=O) groups is 1. The van der Waals surface area contributed by atoms with Gasteiger partial charge in [0.2, 0.25) is 15.9 Å². The van der Waals surface area contributed by atoms with Crippen LogP contribution in [0.25, 0.3) is 0 Å². The zero-order valence-electron chi connectivity index (χ0n) is 18.1. The molecule has 2 heterocycles. The Balaban J connectivity index is 1.47. The lowest BCUT2D eigenvalue weighted by molar-refractivity contribution is -0.132. The van der Waals surface area contributed by atoms with E-state index in [0.29, 0.717) is 18.0 Å². The zero-order valence-corrected chi connectivity index (χ0v) is 19.7. The Bertz CT molecular complexity index is 986. The minimum atomic E-state index is -3.64. The molecule has 0 unspecified atom stereocenters. The topological polar surface area (TPSA) is 82.6 Å². The molecule has 1 saturated heterocycles. The van der Waals surface area contributed by atoms with Crippen molar-refractivity contribution >= 4 is 27.3 Å². The van der Waals surface area contributed by atoms with Gasteiger partial charge in [-0.3, -0.25) is 9.69 Å². The maximum Gasteiger partial charge on any atom is 0.241 e. The minimum Gasteiger partial charge on any atom is -0.340 e. The van der Waals surface area contributed by atoms with Gasteiger partial charge in [-0.05, 0) is 38.8 Å². The second kappa shape index (κ2) is 9.55. The Hall–Kier alpha value is -1.81. The van der Waals surface area contributed by atoms with Crippen LogP contribution in [-0.2, 0) is 21.4 Å². The second-order valence-electron chi connectivity index (χ2n) is 7.89. The van der Waals surface area contributed by atoms with Crippen molar-refractivity contribution in [1.29, 1.82) is 0 Å². The molecule has 1 aliphatic rings. The molecule has 3 rings (SSSR count). The maximum atomic E-state index is 12.7. The van der Waals surface area contributed by atoms with E-state index in [1.807, 2.05) is 30.9 Å². The molecule has 1 fully saturated rings. The Kier molecular flexibility index (Phi) is 7.28. The summed E-state index contributed by atoms with van der Waals surface area (Å²) in [4.78, 5) is 21.5. The normalized spacial score (nSPS) is 15.5.